The van der Waals surface area contributed by atoms with Crippen LogP contribution in [-0.2, 0) is 0 Å². The fraction of sp³-hybridized carbons (Fsp3) is 0.538. The van der Waals surface area contributed by atoms with Crippen LogP contribution in [0.3, 0.4) is 0 Å². The standard InChI is InChI=1S/C13H19NO2/c1-13(2,15)9-14-11-7-8-16-12-6-4-3-5-10(11)12/h3-6,11,14-15H,7-9H2,1-2H3/t11-/m0/s1. The molecule has 16 heavy (non-hydrogen) atoms. The summed E-state index contributed by atoms with van der Waals surface area (Å²) in [6.07, 6.45) is 0.951. The van der Waals surface area contributed by atoms with Gasteiger partial charge in [-0.1, -0.05) is 18.2 Å². The minimum atomic E-state index is -0.673. The van der Waals surface area contributed by atoms with Crippen LogP contribution in [0.5, 0.6) is 5.75 Å². The number of fused-ring (bicyclic) bond motifs is 1. The van der Waals surface area contributed by atoms with E-state index in [0.717, 1.165) is 18.8 Å². The third kappa shape index (κ3) is 2.74. The van der Waals surface area contributed by atoms with E-state index in [2.05, 4.69) is 11.4 Å². The first kappa shape index (κ1) is 11.4. The fourth-order valence-electron chi connectivity index (χ4n) is 1.93. The number of hydrogen-bond acceptors (Lipinski definition) is 3. The molecule has 2 rings (SSSR count). The van der Waals surface area contributed by atoms with Gasteiger partial charge < -0.3 is 15.2 Å². The van der Waals surface area contributed by atoms with Crippen LogP contribution in [0.25, 0.3) is 0 Å². The smallest absolute Gasteiger partial charge is 0.124 e. The largest absolute Gasteiger partial charge is 0.493 e. The van der Waals surface area contributed by atoms with E-state index in [1.807, 2.05) is 32.0 Å². The maximum Gasteiger partial charge on any atom is 0.124 e. The summed E-state index contributed by atoms with van der Waals surface area (Å²) in [5.74, 6) is 0.960. The molecule has 0 spiro atoms. The van der Waals surface area contributed by atoms with Gasteiger partial charge in [-0.2, -0.15) is 0 Å². The minimum Gasteiger partial charge on any atom is -0.493 e. The molecule has 88 valence electrons. The summed E-state index contributed by atoms with van der Waals surface area (Å²) >= 11 is 0. The molecule has 1 aliphatic heterocycles. The van der Waals surface area contributed by atoms with Crippen LogP contribution in [0.4, 0.5) is 0 Å². The van der Waals surface area contributed by atoms with Gasteiger partial charge in [0.2, 0.25) is 0 Å². The molecular formula is C13H19NO2. The molecule has 0 aliphatic carbocycles. The summed E-state index contributed by atoms with van der Waals surface area (Å²) in [6, 6.07) is 8.36. The number of benzene rings is 1. The first-order chi connectivity index (χ1) is 7.56. The van der Waals surface area contributed by atoms with E-state index in [9.17, 15) is 5.11 Å². The highest BCUT2D eigenvalue weighted by Crippen LogP contribution is 2.31. The van der Waals surface area contributed by atoms with Crippen LogP contribution < -0.4 is 10.1 Å². The van der Waals surface area contributed by atoms with Crippen LogP contribution in [0.15, 0.2) is 24.3 Å². The van der Waals surface area contributed by atoms with Crippen molar-refractivity contribution in [3.63, 3.8) is 0 Å². The van der Waals surface area contributed by atoms with Crippen molar-refractivity contribution in [2.45, 2.75) is 31.9 Å². The average Bonchev–Trinajstić information content (AvgIpc) is 2.25. The van der Waals surface area contributed by atoms with Gasteiger partial charge in [-0.15, -0.1) is 0 Å². The van der Waals surface area contributed by atoms with Crippen LogP contribution in [0.1, 0.15) is 31.9 Å². The summed E-state index contributed by atoms with van der Waals surface area (Å²) in [5.41, 5.74) is 0.519. The Labute approximate surface area is 96.4 Å². The zero-order valence-electron chi connectivity index (χ0n) is 9.86. The lowest BCUT2D eigenvalue weighted by atomic mass is 9.99. The van der Waals surface area contributed by atoms with Gasteiger partial charge in [0, 0.05) is 24.6 Å². The Morgan fingerprint density at radius 3 is 2.94 bits per heavy atom. The molecule has 1 heterocycles. The lowest BCUT2D eigenvalue weighted by molar-refractivity contribution is 0.0740. The van der Waals surface area contributed by atoms with E-state index in [1.165, 1.54) is 5.56 Å². The molecular weight excluding hydrogens is 202 g/mol. The first-order valence-electron chi connectivity index (χ1n) is 5.74. The predicted octanol–water partition coefficient (Wildman–Crippen LogP) is 1.87. The van der Waals surface area contributed by atoms with Gasteiger partial charge in [-0.3, -0.25) is 0 Å². The number of rotatable bonds is 3. The maximum absolute atomic E-state index is 9.70. The molecule has 3 nitrogen and oxygen atoms in total. The molecule has 0 fully saturated rings. The summed E-state index contributed by atoms with van der Waals surface area (Å²) in [7, 11) is 0. The molecule has 0 radical (unpaired) electrons. The second-order valence-corrected chi connectivity index (χ2v) is 4.92. The molecule has 1 aromatic carbocycles. The van der Waals surface area contributed by atoms with Crippen molar-refractivity contribution in [2.24, 2.45) is 0 Å². The van der Waals surface area contributed by atoms with Crippen molar-refractivity contribution in [2.75, 3.05) is 13.2 Å². The van der Waals surface area contributed by atoms with Crippen LogP contribution in [-0.4, -0.2) is 23.9 Å². The molecule has 0 unspecified atom stereocenters. The van der Waals surface area contributed by atoms with Crippen LogP contribution in [0.2, 0.25) is 0 Å². The fourth-order valence-corrected chi connectivity index (χ4v) is 1.93. The Balaban J connectivity index is 2.07. The summed E-state index contributed by atoms with van der Waals surface area (Å²) in [6.45, 7) is 4.95. The number of hydrogen-bond donors (Lipinski definition) is 2. The Hall–Kier alpha value is -1.06. The maximum atomic E-state index is 9.70. The van der Waals surface area contributed by atoms with Gasteiger partial charge in [0.05, 0.1) is 12.2 Å². The van der Waals surface area contributed by atoms with E-state index in [0.29, 0.717) is 6.54 Å². The minimum absolute atomic E-state index is 0.288. The van der Waals surface area contributed by atoms with Gasteiger partial charge >= 0.3 is 0 Å². The monoisotopic (exact) mass is 221 g/mol. The highest BCUT2D eigenvalue weighted by Gasteiger charge is 2.22. The third-order valence-electron chi connectivity index (χ3n) is 2.74. The van der Waals surface area contributed by atoms with Gasteiger partial charge in [-0.25, -0.2) is 0 Å². The summed E-state index contributed by atoms with van der Waals surface area (Å²) in [5, 5.41) is 13.1. The van der Waals surface area contributed by atoms with Gasteiger partial charge in [0.1, 0.15) is 5.75 Å². The molecule has 0 amide bonds. The lowest BCUT2D eigenvalue weighted by Gasteiger charge is -2.29. The van der Waals surface area contributed by atoms with Crippen molar-refractivity contribution in [1.82, 2.24) is 5.32 Å². The first-order valence-corrected chi connectivity index (χ1v) is 5.74. The number of para-hydroxylation sites is 1. The molecule has 3 heteroatoms. The molecule has 1 aromatic rings. The number of nitrogens with one attached hydrogen (secondary N) is 1. The van der Waals surface area contributed by atoms with Crippen LogP contribution in [0, 0.1) is 0 Å². The topological polar surface area (TPSA) is 41.5 Å². The molecule has 0 aromatic heterocycles. The van der Waals surface area contributed by atoms with E-state index >= 15 is 0 Å². The Morgan fingerprint density at radius 2 is 2.19 bits per heavy atom. The zero-order valence-corrected chi connectivity index (χ0v) is 9.86. The highest BCUT2D eigenvalue weighted by molar-refractivity contribution is 5.37. The molecule has 1 atom stereocenters. The molecule has 2 N–H and O–H groups in total. The van der Waals surface area contributed by atoms with Crippen molar-refractivity contribution in [1.29, 1.82) is 0 Å². The average molecular weight is 221 g/mol. The normalized spacial score (nSPS) is 20.1. The number of ether oxygens (including phenoxy) is 1. The molecule has 0 saturated carbocycles. The molecule has 0 bridgehead atoms. The van der Waals surface area contributed by atoms with E-state index in [4.69, 9.17) is 4.74 Å². The Bertz CT molecular complexity index is 357. The van der Waals surface area contributed by atoms with E-state index < -0.39 is 5.60 Å². The zero-order chi connectivity index (χ0) is 11.6. The molecule has 0 saturated heterocycles. The van der Waals surface area contributed by atoms with Crippen molar-refractivity contribution >= 4 is 0 Å². The van der Waals surface area contributed by atoms with Crippen molar-refractivity contribution < 1.29 is 9.84 Å². The Morgan fingerprint density at radius 1 is 1.44 bits per heavy atom. The predicted molar refractivity (Wildman–Crippen MR) is 63.6 cm³/mol. The van der Waals surface area contributed by atoms with Gasteiger partial charge in [0.25, 0.3) is 0 Å². The lowest BCUT2D eigenvalue weighted by Crippen LogP contribution is -2.38. The van der Waals surface area contributed by atoms with Crippen molar-refractivity contribution in [3.05, 3.63) is 29.8 Å². The van der Waals surface area contributed by atoms with Gasteiger partial charge in [0.15, 0.2) is 0 Å². The highest BCUT2D eigenvalue weighted by atomic mass is 16.5. The SMILES string of the molecule is CC(C)(O)CN[C@H]1CCOc2ccccc21. The van der Waals surface area contributed by atoms with Crippen molar-refractivity contribution in [3.8, 4) is 5.75 Å². The second-order valence-electron chi connectivity index (χ2n) is 4.92. The summed E-state index contributed by atoms with van der Waals surface area (Å²) in [4.78, 5) is 0. The van der Waals surface area contributed by atoms with E-state index in [-0.39, 0.29) is 6.04 Å². The molecule has 1 aliphatic rings. The van der Waals surface area contributed by atoms with E-state index in [1.54, 1.807) is 0 Å². The number of aliphatic hydroxyl groups is 1. The summed E-state index contributed by atoms with van der Waals surface area (Å²) < 4.78 is 5.58. The quantitative estimate of drug-likeness (QED) is 0.818. The van der Waals surface area contributed by atoms with Crippen LogP contribution >= 0.6 is 0 Å². The van der Waals surface area contributed by atoms with Gasteiger partial charge in [-0.05, 0) is 19.9 Å². The second kappa shape index (κ2) is 4.44. The Kier molecular flexibility index (Phi) is 3.17. The third-order valence-corrected chi connectivity index (χ3v) is 2.74.